The molecule has 194 valence electrons. The van der Waals surface area contributed by atoms with E-state index in [4.69, 9.17) is 9.72 Å². The van der Waals surface area contributed by atoms with Crippen molar-refractivity contribution in [2.45, 2.75) is 19.0 Å². The third-order valence-electron chi connectivity index (χ3n) is 7.02. The molecule has 2 aliphatic rings. The van der Waals surface area contributed by atoms with Gasteiger partial charge in [-0.05, 0) is 49.4 Å². The number of halogens is 1. The van der Waals surface area contributed by atoms with Crippen LogP contribution >= 0.6 is 0 Å². The van der Waals surface area contributed by atoms with Crippen LogP contribution in [0.4, 0.5) is 16.0 Å². The van der Waals surface area contributed by atoms with E-state index in [0.29, 0.717) is 39.8 Å². The fourth-order valence-electron chi connectivity index (χ4n) is 5.09. The maximum absolute atomic E-state index is 14.9. The van der Waals surface area contributed by atoms with Crippen molar-refractivity contribution in [2.75, 3.05) is 30.4 Å². The van der Waals surface area contributed by atoms with Gasteiger partial charge in [0.1, 0.15) is 29.3 Å². The quantitative estimate of drug-likeness (QED) is 0.389. The summed E-state index contributed by atoms with van der Waals surface area (Å²) in [4.78, 5) is 28.6. The van der Waals surface area contributed by atoms with Crippen LogP contribution in [0.15, 0.2) is 61.1 Å². The summed E-state index contributed by atoms with van der Waals surface area (Å²) in [5.41, 5.74) is 3.60. The number of nitriles is 1. The molecule has 4 aromatic rings. The Kier molecular flexibility index (Phi) is 6.34. The molecule has 0 radical (unpaired) electrons. The van der Waals surface area contributed by atoms with Gasteiger partial charge in [-0.15, -0.1) is 0 Å². The van der Waals surface area contributed by atoms with Gasteiger partial charge in [0, 0.05) is 53.4 Å². The monoisotopic (exact) mass is 521 g/mol. The van der Waals surface area contributed by atoms with Gasteiger partial charge in [0.2, 0.25) is 0 Å². The SMILES string of the molecule is COc1cccc(F)c1-c1nccc2c1CN(c1ccc(-c3cncc(C#N)c3)c(N[C@H]3CCNC3)n1)C2=O. The van der Waals surface area contributed by atoms with Gasteiger partial charge in [-0.2, -0.15) is 5.26 Å². The van der Waals surface area contributed by atoms with Crippen LogP contribution in [-0.4, -0.2) is 47.1 Å². The molecule has 2 N–H and O–H groups in total. The fraction of sp³-hybridized carbons (Fsp3) is 0.207. The van der Waals surface area contributed by atoms with Gasteiger partial charge in [-0.1, -0.05) is 6.07 Å². The second-order valence-corrected chi connectivity index (χ2v) is 9.37. The van der Waals surface area contributed by atoms with Gasteiger partial charge < -0.3 is 15.4 Å². The van der Waals surface area contributed by atoms with E-state index >= 15 is 0 Å². The largest absolute Gasteiger partial charge is 0.496 e. The molecule has 9 nitrogen and oxygen atoms in total. The van der Waals surface area contributed by atoms with Crippen LogP contribution < -0.4 is 20.3 Å². The number of hydrogen-bond acceptors (Lipinski definition) is 8. The molecular formula is C29H24FN7O2. The van der Waals surface area contributed by atoms with Crippen molar-refractivity contribution in [1.29, 1.82) is 5.26 Å². The Bertz CT molecular complexity index is 1630. The van der Waals surface area contributed by atoms with Crippen molar-refractivity contribution in [3.63, 3.8) is 0 Å². The Morgan fingerprint density at radius 2 is 2.10 bits per heavy atom. The van der Waals surface area contributed by atoms with Gasteiger partial charge in [0.25, 0.3) is 5.91 Å². The number of methoxy groups -OCH3 is 1. The van der Waals surface area contributed by atoms with Crippen LogP contribution in [0.3, 0.4) is 0 Å². The number of rotatable bonds is 6. The number of anilines is 2. The van der Waals surface area contributed by atoms with E-state index in [1.165, 1.54) is 25.6 Å². The van der Waals surface area contributed by atoms with Crippen molar-refractivity contribution in [2.24, 2.45) is 0 Å². The molecule has 0 saturated carbocycles. The first-order chi connectivity index (χ1) is 19.1. The highest BCUT2D eigenvalue weighted by molar-refractivity contribution is 6.11. The third kappa shape index (κ3) is 4.43. The topological polar surface area (TPSA) is 116 Å². The van der Waals surface area contributed by atoms with E-state index < -0.39 is 5.82 Å². The Labute approximate surface area is 224 Å². The molecule has 1 amide bonds. The second-order valence-electron chi connectivity index (χ2n) is 9.37. The van der Waals surface area contributed by atoms with Gasteiger partial charge in [0.15, 0.2) is 0 Å². The van der Waals surface area contributed by atoms with E-state index in [2.05, 4.69) is 26.7 Å². The van der Waals surface area contributed by atoms with E-state index in [-0.39, 0.29) is 24.1 Å². The standard InChI is InChI=1S/C29H24FN7O2/c1-39-24-4-2-3-23(30)26(24)27-22-16-37(29(38)21(22)8-10-34-27)25-6-5-20(18-11-17(12-31)13-33-14-18)28(36-25)35-19-7-9-32-15-19/h2-6,8,10-11,13-14,19,32H,7,9,15-16H2,1H3,(H,35,36)/t19-/m0/s1. The Hall–Kier alpha value is -4.88. The molecule has 1 aromatic carbocycles. The van der Waals surface area contributed by atoms with E-state index in [1.54, 1.807) is 41.4 Å². The van der Waals surface area contributed by atoms with Crippen molar-refractivity contribution >= 4 is 17.5 Å². The lowest BCUT2D eigenvalue weighted by Crippen LogP contribution is -2.26. The van der Waals surface area contributed by atoms with Gasteiger partial charge in [-0.3, -0.25) is 19.7 Å². The summed E-state index contributed by atoms with van der Waals surface area (Å²) in [6, 6.07) is 13.9. The van der Waals surface area contributed by atoms with Crippen molar-refractivity contribution in [1.82, 2.24) is 20.3 Å². The number of nitrogens with zero attached hydrogens (tertiary/aromatic N) is 5. The maximum atomic E-state index is 14.9. The van der Waals surface area contributed by atoms with Crippen LogP contribution in [0.25, 0.3) is 22.4 Å². The molecule has 1 atom stereocenters. The second kappa shape index (κ2) is 10.1. The van der Waals surface area contributed by atoms with Crippen molar-refractivity contribution < 1.29 is 13.9 Å². The van der Waals surface area contributed by atoms with E-state index in [1.807, 2.05) is 6.07 Å². The normalized spacial score (nSPS) is 16.2. The van der Waals surface area contributed by atoms with Gasteiger partial charge >= 0.3 is 0 Å². The highest BCUT2D eigenvalue weighted by Crippen LogP contribution is 2.39. The number of fused-ring (bicyclic) bond motifs is 1. The minimum Gasteiger partial charge on any atom is -0.496 e. The predicted octanol–water partition coefficient (Wildman–Crippen LogP) is 4.16. The first-order valence-corrected chi connectivity index (χ1v) is 12.5. The number of hydrogen-bond donors (Lipinski definition) is 2. The molecule has 1 saturated heterocycles. The number of amides is 1. The summed E-state index contributed by atoms with van der Waals surface area (Å²) >= 11 is 0. The first-order valence-electron chi connectivity index (χ1n) is 12.5. The van der Waals surface area contributed by atoms with E-state index in [9.17, 15) is 14.4 Å². The number of nitrogens with one attached hydrogen (secondary N) is 2. The molecule has 1 fully saturated rings. The maximum Gasteiger partial charge on any atom is 0.260 e. The lowest BCUT2D eigenvalue weighted by Gasteiger charge is -2.20. The first kappa shape index (κ1) is 24.5. The molecule has 3 aromatic heterocycles. The average molecular weight is 522 g/mol. The van der Waals surface area contributed by atoms with Crippen LogP contribution in [0.5, 0.6) is 5.75 Å². The zero-order valence-electron chi connectivity index (χ0n) is 21.1. The molecular weight excluding hydrogens is 497 g/mol. The number of aromatic nitrogens is 3. The lowest BCUT2D eigenvalue weighted by atomic mass is 10.0. The smallest absolute Gasteiger partial charge is 0.260 e. The molecule has 6 rings (SSSR count). The minimum absolute atomic E-state index is 0.161. The number of pyridine rings is 3. The molecule has 10 heteroatoms. The average Bonchev–Trinajstić information content (AvgIpc) is 3.60. The number of carbonyl (C=O) groups excluding carboxylic acids is 1. The summed E-state index contributed by atoms with van der Waals surface area (Å²) < 4.78 is 20.3. The van der Waals surface area contributed by atoms with Crippen LogP contribution in [-0.2, 0) is 6.54 Å². The summed E-state index contributed by atoms with van der Waals surface area (Å²) in [5.74, 6) is 0.661. The number of ether oxygens (including phenoxy) is 1. The van der Waals surface area contributed by atoms with Gasteiger partial charge in [-0.25, -0.2) is 9.37 Å². The molecule has 0 bridgehead atoms. The van der Waals surface area contributed by atoms with Crippen molar-refractivity contribution in [3.8, 4) is 34.2 Å². The molecule has 2 aliphatic heterocycles. The fourth-order valence-corrected chi connectivity index (χ4v) is 5.09. The zero-order valence-corrected chi connectivity index (χ0v) is 21.1. The summed E-state index contributed by atoms with van der Waals surface area (Å²) in [5, 5.41) is 16.2. The van der Waals surface area contributed by atoms with Crippen LogP contribution in [0.1, 0.15) is 27.9 Å². The Morgan fingerprint density at radius 3 is 2.90 bits per heavy atom. The lowest BCUT2D eigenvalue weighted by molar-refractivity contribution is 0.0996. The third-order valence-corrected chi connectivity index (χ3v) is 7.02. The zero-order chi connectivity index (χ0) is 26.9. The molecule has 0 spiro atoms. The molecule has 39 heavy (non-hydrogen) atoms. The Balaban J connectivity index is 1.41. The summed E-state index contributed by atoms with van der Waals surface area (Å²) in [6.45, 7) is 1.86. The molecule has 0 unspecified atom stereocenters. The van der Waals surface area contributed by atoms with Crippen LogP contribution in [0, 0.1) is 17.1 Å². The van der Waals surface area contributed by atoms with Crippen molar-refractivity contribution in [3.05, 3.63) is 83.6 Å². The molecule has 0 aliphatic carbocycles. The minimum atomic E-state index is -0.478. The number of carbonyl (C=O) groups is 1. The summed E-state index contributed by atoms with van der Waals surface area (Å²) in [7, 11) is 1.47. The predicted molar refractivity (Wildman–Crippen MR) is 144 cm³/mol. The number of benzene rings is 1. The van der Waals surface area contributed by atoms with Crippen LogP contribution in [0.2, 0.25) is 0 Å². The molecule has 5 heterocycles. The van der Waals surface area contributed by atoms with E-state index in [0.717, 1.165) is 30.6 Å². The summed E-state index contributed by atoms with van der Waals surface area (Å²) in [6.07, 6.45) is 5.63. The highest BCUT2D eigenvalue weighted by atomic mass is 19.1. The highest BCUT2D eigenvalue weighted by Gasteiger charge is 2.34. The van der Waals surface area contributed by atoms with Gasteiger partial charge in [0.05, 0.1) is 30.5 Å². The Morgan fingerprint density at radius 1 is 1.21 bits per heavy atom.